The number of hydrogen-bond acceptors (Lipinski definition) is 6. The van der Waals surface area contributed by atoms with Crippen LogP contribution in [0.4, 0.5) is 5.82 Å². The van der Waals surface area contributed by atoms with Gasteiger partial charge in [-0.15, -0.1) is 0 Å². The van der Waals surface area contributed by atoms with Crippen molar-refractivity contribution in [2.45, 2.75) is 69.2 Å². The summed E-state index contributed by atoms with van der Waals surface area (Å²) in [6, 6.07) is 15.5. The summed E-state index contributed by atoms with van der Waals surface area (Å²) in [6.07, 6.45) is 11.0. The fourth-order valence-electron chi connectivity index (χ4n) is 5.36. The Bertz CT molecular complexity index is 1140. The van der Waals surface area contributed by atoms with Crippen molar-refractivity contribution in [3.05, 3.63) is 72.2 Å². The second-order valence-corrected chi connectivity index (χ2v) is 9.91. The normalized spacial score (nSPS) is 21.9. The Morgan fingerprint density at radius 3 is 2.81 bits per heavy atom. The Morgan fingerprint density at radius 1 is 1.17 bits per heavy atom. The van der Waals surface area contributed by atoms with Crippen LogP contribution in [0.2, 0.25) is 0 Å². The summed E-state index contributed by atoms with van der Waals surface area (Å²) in [5.41, 5.74) is 2.84. The van der Waals surface area contributed by atoms with Crippen LogP contribution >= 0.6 is 0 Å². The Morgan fingerprint density at radius 2 is 2.00 bits per heavy atom. The van der Waals surface area contributed by atoms with Crippen molar-refractivity contribution in [2.24, 2.45) is 0 Å². The van der Waals surface area contributed by atoms with Crippen LogP contribution in [0.1, 0.15) is 55.8 Å². The van der Waals surface area contributed by atoms with Crippen LogP contribution < -0.4 is 5.32 Å². The van der Waals surface area contributed by atoms with Gasteiger partial charge in [0.1, 0.15) is 5.82 Å². The number of hydrogen-bond donors (Lipinski definition) is 2. The highest BCUT2D eigenvalue weighted by molar-refractivity contribution is 5.75. The molecule has 1 saturated carbocycles. The number of aliphatic carboxylic acids is 1. The molecule has 0 radical (unpaired) electrons. The van der Waals surface area contributed by atoms with E-state index in [1.165, 1.54) is 5.56 Å². The molecule has 0 unspecified atom stereocenters. The molecular formula is C28H35N5O3. The maximum Gasteiger partial charge on any atom is 0.327 e. The number of likely N-dealkylation sites (N-methyl/N-ethyl adjacent to an activating group) is 1. The fourth-order valence-corrected chi connectivity index (χ4v) is 5.36. The number of ether oxygens (including phenoxy) is 1. The van der Waals surface area contributed by atoms with E-state index in [1.54, 1.807) is 16.9 Å². The number of nitrogens with zero attached hydrogens (tertiary/aromatic N) is 4. The predicted octanol–water partition coefficient (Wildman–Crippen LogP) is 4.47. The molecule has 36 heavy (non-hydrogen) atoms. The third-order valence-electron chi connectivity index (χ3n) is 7.53. The molecule has 1 aromatic carbocycles. The van der Waals surface area contributed by atoms with Gasteiger partial charge in [0.2, 0.25) is 0 Å². The first-order valence-corrected chi connectivity index (χ1v) is 13.0. The summed E-state index contributed by atoms with van der Waals surface area (Å²) in [5, 5.41) is 18.0. The molecule has 8 heteroatoms. The van der Waals surface area contributed by atoms with Gasteiger partial charge in [-0.2, -0.15) is 5.10 Å². The lowest BCUT2D eigenvalue weighted by molar-refractivity contribution is -0.147. The number of aryl methyl sites for hydroxylation is 1. The minimum atomic E-state index is -0.867. The van der Waals surface area contributed by atoms with Crippen LogP contribution in [-0.2, 0) is 16.0 Å². The van der Waals surface area contributed by atoms with Crippen LogP contribution in [0, 0.1) is 0 Å². The second kappa shape index (κ2) is 11.2. The van der Waals surface area contributed by atoms with E-state index in [0.29, 0.717) is 11.7 Å². The lowest BCUT2D eigenvalue weighted by Crippen LogP contribution is -2.49. The first-order valence-electron chi connectivity index (χ1n) is 13.0. The monoisotopic (exact) mass is 489 g/mol. The predicted molar refractivity (Wildman–Crippen MR) is 138 cm³/mol. The zero-order valence-corrected chi connectivity index (χ0v) is 20.8. The maximum absolute atomic E-state index is 12.3. The molecule has 0 saturated heterocycles. The molecule has 0 spiro atoms. The fraction of sp³-hybridized carbons (Fsp3) is 0.464. The lowest BCUT2D eigenvalue weighted by atomic mass is 9.87. The van der Waals surface area contributed by atoms with E-state index in [0.717, 1.165) is 63.1 Å². The van der Waals surface area contributed by atoms with Gasteiger partial charge < -0.3 is 15.2 Å². The number of fused-ring (bicyclic) bond motifs is 1. The van der Waals surface area contributed by atoms with E-state index in [4.69, 9.17) is 4.74 Å². The molecule has 2 atom stereocenters. The first-order chi connectivity index (χ1) is 17.6. The molecule has 0 amide bonds. The number of aromatic nitrogens is 3. The van der Waals surface area contributed by atoms with Crippen molar-refractivity contribution in [1.29, 1.82) is 0 Å². The molecule has 1 aliphatic carbocycles. The molecule has 1 fully saturated rings. The van der Waals surface area contributed by atoms with E-state index in [1.807, 2.05) is 54.5 Å². The number of anilines is 1. The van der Waals surface area contributed by atoms with E-state index < -0.39 is 12.0 Å². The van der Waals surface area contributed by atoms with Gasteiger partial charge in [-0.1, -0.05) is 24.3 Å². The van der Waals surface area contributed by atoms with Gasteiger partial charge in [0.25, 0.3) is 0 Å². The van der Waals surface area contributed by atoms with Crippen molar-refractivity contribution < 1.29 is 14.6 Å². The SMILES string of the molecule is CN(C1CC(OCCCC[C@H]2CCc3cccnc3N2)C1)[C@@H](C(=O)O)c1ccnn1-c1ccccc1. The number of unbranched alkanes of at least 4 members (excludes halogenated alkanes) is 1. The number of nitrogens with one attached hydrogen (secondary N) is 1. The summed E-state index contributed by atoms with van der Waals surface area (Å²) >= 11 is 0. The molecule has 0 bridgehead atoms. The van der Waals surface area contributed by atoms with E-state index in [9.17, 15) is 9.90 Å². The highest BCUT2D eigenvalue weighted by atomic mass is 16.5. The number of carboxylic acids is 1. The average molecular weight is 490 g/mol. The van der Waals surface area contributed by atoms with Crippen molar-refractivity contribution in [3.63, 3.8) is 0 Å². The van der Waals surface area contributed by atoms with Gasteiger partial charge >= 0.3 is 5.97 Å². The van der Waals surface area contributed by atoms with Crippen molar-refractivity contribution >= 4 is 11.8 Å². The van der Waals surface area contributed by atoms with Crippen LogP contribution in [0.5, 0.6) is 0 Å². The van der Waals surface area contributed by atoms with Gasteiger partial charge in [-0.05, 0) is 81.8 Å². The summed E-state index contributed by atoms with van der Waals surface area (Å²) < 4.78 is 7.82. The van der Waals surface area contributed by atoms with Gasteiger partial charge in [0.05, 0.1) is 17.5 Å². The molecule has 1 aliphatic heterocycles. The highest BCUT2D eigenvalue weighted by Gasteiger charge is 2.39. The van der Waals surface area contributed by atoms with E-state index in [-0.39, 0.29) is 12.1 Å². The standard InChI is InChI=1S/C28H35N5O3/c1-32(26(28(34)35)25-14-16-30-33(25)22-10-3-2-4-11-22)23-18-24(19-23)36-17-6-5-9-21-13-12-20-8-7-15-29-27(20)31-21/h2-4,7-8,10-11,14-16,21,23-24,26H,5-6,9,12-13,17-19H2,1H3,(H,29,31)(H,34,35)/t21-,23?,24?,26+/m0/s1. The van der Waals surface area contributed by atoms with Gasteiger partial charge in [-0.25, -0.2) is 9.67 Å². The minimum Gasteiger partial charge on any atom is -0.480 e. The number of benzene rings is 1. The molecule has 3 aromatic rings. The highest BCUT2D eigenvalue weighted by Crippen LogP contribution is 2.34. The Kier molecular flexibility index (Phi) is 7.63. The largest absolute Gasteiger partial charge is 0.480 e. The van der Waals surface area contributed by atoms with Crippen molar-refractivity contribution in [3.8, 4) is 5.69 Å². The summed E-state index contributed by atoms with van der Waals surface area (Å²) in [6.45, 7) is 0.756. The zero-order valence-electron chi connectivity index (χ0n) is 20.8. The van der Waals surface area contributed by atoms with Crippen LogP contribution in [-0.4, -0.2) is 62.6 Å². The van der Waals surface area contributed by atoms with Crippen LogP contribution in [0.25, 0.3) is 5.69 Å². The molecule has 2 aromatic heterocycles. The molecule has 3 heterocycles. The Balaban J connectivity index is 1.05. The van der Waals surface area contributed by atoms with E-state index >= 15 is 0 Å². The Hall–Kier alpha value is -3.23. The molecule has 5 rings (SSSR count). The molecule has 8 nitrogen and oxygen atoms in total. The number of rotatable bonds is 11. The number of pyridine rings is 1. The van der Waals surface area contributed by atoms with Crippen LogP contribution in [0.3, 0.4) is 0 Å². The second-order valence-electron chi connectivity index (χ2n) is 9.91. The number of carbonyl (C=O) groups is 1. The smallest absolute Gasteiger partial charge is 0.327 e. The topological polar surface area (TPSA) is 92.5 Å². The molecular weight excluding hydrogens is 454 g/mol. The molecule has 2 N–H and O–H groups in total. The van der Waals surface area contributed by atoms with Gasteiger partial charge in [-0.3, -0.25) is 9.69 Å². The summed E-state index contributed by atoms with van der Waals surface area (Å²) in [4.78, 5) is 18.7. The van der Waals surface area contributed by atoms with Crippen LogP contribution in [0.15, 0.2) is 60.9 Å². The average Bonchev–Trinajstić information content (AvgIpc) is 3.34. The van der Waals surface area contributed by atoms with E-state index in [2.05, 4.69) is 21.5 Å². The minimum absolute atomic E-state index is 0.175. The van der Waals surface area contributed by atoms with Crippen molar-refractivity contribution in [2.75, 3.05) is 19.0 Å². The molecule has 190 valence electrons. The quantitative estimate of drug-likeness (QED) is 0.384. The lowest BCUT2D eigenvalue weighted by Gasteiger charge is -2.43. The first kappa shape index (κ1) is 24.5. The zero-order chi connectivity index (χ0) is 24.9. The Labute approximate surface area is 212 Å². The maximum atomic E-state index is 12.3. The summed E-state index contributed by atoms with van der Waals surface area (Å²) in [7, 11) is 1.90. The molecule has 2 aliphatic rings. The third kappa shape index (κ3) is 5.44. The van der Waals surface area contributed by atoms with Crippen molar-refractivity contribution in [1.82, 2.24) is 19.7 Å². The summed E-state index contributed by atoms with van der Waals surface area (Å²) in [5.74, 6) is 0.176. The van der Waals surface area contributed by atoms with Gasteiger partial charge in [0.15, 0.2) is 6.04 Å². The third-order valence-corrected chi connectivity index (χ3v) is 7.53. The number of carboxylic acid groups (broad SMARTS) is 1. The van der Waals surface area contributed by atoms with Gasteiger partial charge in [0, 0.05) is 31.1 Å². The number of para-hydroxylation sites is 1.